The number of methoxy groups -OCH3 is 1. The van der Waals surface area contributed by atoms with Gasteiger partial charge in [0.2, 0.25) is 0 Å². The molecule has 27 heavy (non-hydrogen) atoms. The van der Waals surface area contributed by atoms with Gasteiger partial charge in [0.25, 0.3) is 0 Å². The highest BCUT2D eigenvalue weighted by Crippen LogP contribution is 2.30. The summed E-state index contributed by atoms with van der Waals surface area (Å²) in [6, 6.07) is 24.9. The SMILES string of the molecule is COc1ccc(C=C(C(=O)c2ccccc2)c2nc3ccccc3s2)cc1. The van der Waals surface area contributed by atoms with Crippen LogP contribution in [-0.2, 0) is 0 Å². The molecule has 4 aromatic rings. The molecule has 4 rings (SSSR count). The Bertz CT molecular complexity index is 1080. The van der Waals surface area contributed by atoms with Gasteiger partial charge in [-0.05, 0) is 35.9 Å². The number of carbonyl (C=O) groups is 1. The van der Waals surface area contributed by atoms with E-state index in [0.29, 0.717) is 11.1 Å². The quantitative estimate of drug-likeness (QED) is 0.332. The van der Waals surface area contributed by atoms with Crippen molar-refractivity contribution < 1.29 is 9.53 Å². The predicted octanol–water partition coefficient (Wildman–Crippen LogP) is 5.73. The molecular weight excluding hydrogens is 354 g/mol. The molecule has 0 aliphatic rings. The minimum atomic E-state index is -0.0366. The number of allylic oxidation sites excluding steroid dienone is 1. The molecule has 0 bridgehead atoms. The number of hydrogen-bond acceptors (Lipinski definition) is 4. The van der Waals surface area contributed by atoms with Crippen molar-refractivity contribution in [1.29, 1.82) is 0 Å². The van der Waals surface area contributed by atoms with Gasteiger partial charge in [-0.3, -0.25) is 4.79 Å². The van der Waals surface area contributed by atoms with E-state index in [-0.39, 0.29) is 5.78 Å². The van der Waals surface area contributed by atoms with Crippen molar-refractivity contribution in [1.82, 2.24) is 4.98 Å². The standard InChI is InChI=1S/C23H17NO2S/c1-26-18-13-11-16(12-14-18)15-19(22(25)17-7-3-2-4-8-17)23-24-20-9-5-6-10-21(20)27-23/h2-15H,1H3. The monoisotopic (exact) mass is 371 g/mol. The molecule has 0 fully saturated rings. The number of nitrogens with zero attached hydrogens (tertiary/aromatic N) is 1. The lowest BCUT2D eigenvalue weighted by molar-refractivity contribution is 0.105. The largest absolute Gasteiger partial charge is 0.497 e. The summed E-state index contributed by atoms with van der Waals surface area (Å²) in [7, 11) is 1.64. The van der Waals surface area contributed by atoms with Crippen LogP contribution in [0.2, 0.25) is 0 Å². The van der Waals surface area contributed by atoms with Crippen molar-refractivity contribution in [2.45, 2.75) is 0 Å². The maximum Gasteiger partial charge on any atom is 0.196 e. The maximum atomic E-state index is 13.2. The molecule has 0 spiro atoms. The van der Waals surface area contributed by atoms with Gasteiger partial charge < -0.3 is 4.74 Å². The summed E-state index contributed by atoms with van der Waals surface area (Å²) in [4.78, 5) is 17.9. The Balaban J connectivity index is 1.83. The second kappa shape index (κ2) is 7.56. The fourth-order valence-corrected chi connectivity index (χ4v) is 3.80. The van der Waals surface area contributed by atoms with Crippen molar-refractivity contribution >= 4 is 39.0 Å². The average molecular weight is 371 g/mol. The highest BCUT2D eigenvalue weighted by Gasteiger charge is 2.18. The van der Waals surface area contributed by atoms with Gasteiger partial charge in [-0.25, -0.2) is 4.98 Å². The molecule has 3 nitrogen and oxygen atoms in total. The molecule has 0 aliphatic heterocycles. The molecule has 0 aliphatic carbocycles. The number of carbonyl (C=O) groups excluding carboxylic acids is 1. The molecular formula is C23H17NO2S. The van der Waals surface area contributed by atoms with Crippen LogP contribution in [0.1, 0.15) is 20.9 Å². The van der Waals surface area contributed by atoms with Crippen LogP contribution in [0.25, 0.3) is 21.9 Å². The van der Waals surface area contributed by atoms with Crippen LogP contribution < -0.4 is 4.74 Å². The number of thiazole rings is 1. The van der Waals surface area contributed by atoms with Crippen LogP contribution in [0.4, 0.5) is 0 Å². The molecule has 132 valence electrons. The molecule has 0 radical (unpaired) electrons. The first-order chi connectivity index (χ1) is 13.2. The third-order valence-corrected chi connectivity index (χ3v) is 5.30. The Morgan fingerprint density at radius 3 is 2.33 bits per heavy atom. The number of ketones is 1. The number of rotatable bonds is 5. The van der Waals surface area contributed by atoms with Crippen molar-refractivity contribution in [2.24, 2.45) is 0 Å². The molecule has 0 amide bonds. The first kappa shape index (κ1) is 17.2. The molecule has 0 saturated carbocycles. The van der Waals surface area contributed by atoms with Crippen LogP contribution in [-0.4, -0.2) is 17.9 Å². The maximum absolute atomic E-state index is 13.2. The highest BCUT2D eigenvalue weighted by atomic mass is 32.1. The smallest absolute Gasteiger partial charge is 0.196 e. The minimum Gasteiger partial charge on any atom is -0.497 e. The van der Waals surface area contributed by atoms with Gasteiger partial charge in [-0.2, -0.15) is 0 Å². The Labute approximate surface area is 161 Å². The molecule has 0 saturated heterocycles. The highest BCUT2D eigenvalue weighted by molar-refractivity contribution is 7.20. The second-order valence-corrected chi connectivity index (χ2v) is 7.04. The van der Waals surface area contributed by atoms with Crippen molar-refractivity contribution in [3.63, 3.8) is 0 Å². The fourth-order valence-electron chi connectivity index (χ4n) is 2.82. The van der Waals surface area contributed by atoms with Crippen LogP contribution >= 0.6 is 11.3 Å². The van der Waals surface area contributed by atoms with E-state index >= 15 is 0 Å². The summed E-state index contributed by atoms with van der Waals surface area (Å²) < 4.78 is 6.28. The summed E-state index contributed by atoms with van der Waals surface area (Å²) in [6.45, 7) is 0. The number of Topliss-reactive ketones (excluding diaryl/α,β-unsaturated/α-hetero) is 1. The van der Waals surface area contributed by atoms with E-state index in [2.05, 4.69) is 0 Å². The minimum absolute atomic E-state index is 0.0366. The summed E-state index contributed by atoms with van der Waals surface area (Å²) in [6.07, 6.45) is 1.90. The van der Waals surface area contributed by atoms with E-state index in [1.54, 1.807) is 7.11 Å². The second-order valence-electron chi connectivity index (χ2n) is 6.01. The van der Waals surface area contributed by atoms with Crippen molar-refractivity contribution in [3.8, 4) is 5.75 Å². The number of para-hydroxylation sites is 1. The number of aromatic nitrogens is 1. The van der Waals surface area contributed by atoms with Crippen LogP contribution in [0.5, 0.6) is 5.75 Å². The Kier molecular flexibility index (Phi) is 4.81. The van der Waals surface area contributed by atoms with Crippen LogP contribution in [0, 0.1) is 0 Å². The Morgan fingerprint density at radius 2 is 1.63 bits per heavy atom. The number of fused-ring (bicyclic) bond motifs is 1. The normalized spacial score (nSPS) is 11.5. The molecule has 1 aromatic heterocycles. The first-order valence-electron chi connectivity index (χ1n) is 8.56. The van der Waals surface area contributed by atoms with E-state index in [0.717, 1.165) is 26.5 Å². The zero-order valence-corrected chi connectivity index (χ0v) is 15.6. The molecule has 0 atom stereocenters. The average Bonchev–Trinajstić information content (AvgIpc) is 3.16. The lowest BCUT2D eigenvalue weighted by Gasteiger charge is -2.05. The zero-order valence-electron chi connectivity index (χ0n) is 14.8. The van der Waals surface area contributed by atoms with Crippen LogP contribution in [0.3, 0.4) is 0 Å². The van der Waals surface area contributed by atoms with E-state index in [9.17, 15) is 4.79 Å². The van der Waals surface area contributed by atoms with E-state index in [1.807, 2.05) is 84.9 Å². The topological polar surface area (TPSA) is 39.2 Å². The van der Waals surface area contributed by atoms with Crippen LogP contribution in [0.15, 0.2) is 78.9 Å². The summed E-state index contributed by atoms with van der Waals surface area (Å²) >= 11 is 1.53. The van der Waals surface area contributed by atoms with Gasteiger partial charge in [0, 0.05) is 5.56 Å². The van der Waals surface area contributed by atoms with Crippen molar-refractivity contribution in [3.05, 3.63) is 95.0 Å². The molecule has 0 N–H and O–H groups in total. The van der Waals surface area contributed by atoms with Gasteiger partial charge in [0.15, 0.2) is 5.78 Å². The molecule has 4 heteroatoms. The summed E-state index contributed by atoms with van der Waals surface area (Å²) in [5.41, 5.74) is 3.07. The number of ether oxygens (including phenoxy) is 1. The summed E-state index contributed by atoms with van der Waals surface area (Å²) in [5, 5.41) is 0.723. The molecule has 0 unspecified atom stereocenters. The molecule has 1 heterocycles. The van der Waals surface area contributed by atoms with Gasteiger partial charge in [0.1, 0.15) is 10.8 Å². The third-order valence-electron chi connectivity index (χ3n) is 4.23. The number of benzene rings is 3. The Hall–Kier alpha value is -3.24. The lowest BCUT2D eigenvalue weighted by Crippen LogP contribution is -2.02. The summed E-state index contributed by atoms with van der Waals surface area (Å²) in [5.74, 6) is 0.744. The fraction of sp³-hybridized carbons (Fsp3) is 0.0435. The van der Waals surface area contributed by atoms with Gasteiger partial charge in [0.05, 0.1) is 22.9 Å². The van der Waals surface area contributed by atoms with Gasteiger partial charge >= 0.3 is 0 Å². The Morgan fingerprint density at radius 1 is 0.926 bits per heavy atom. The predicted molar refractivity (Wildman–Crippen MR) is 111 cm³/mol. The zero-order chi connectivity index (χ0) is 18.6. The number of hydrogen-bond donors (Lipinski definition) is 0. The van der Waals surface area contributed by atoms with E-state index < -0.39 is 0 Å². The van der Waals surface area contributed by atoms with E-state index in [4.69, 9.17) is 9.72 Å². The molecule has 3 aromatic carbocycles. The third kappa shape index (κ3) is 3.66. The van der Waals surface area contributed by atoms with Crippen molar-refractivity contribution in [2.75, 3.05) is 7.11 Å². The lowest BCUT2D eigenvalue weighted by atomic mass is 10.0. The first-order valence-corrected chi connectivity index (χ1v) is 9.38. The van der Waals surface area contributed by atoms with Gasteiger partial charge in [-0.1, -0.05) is 54.6 Å². The van der Waals surface area contributed by atoms with Gasteiger partial charge in [-0.15, -0.1) is 11.3 Å². The van der Waals surface area contributed by atoms with E-state index in [1.165, 1.54) is 11.3 Å².